The van der Waals surface area contributed by atoms with Crippen LogP contribution in [0, 0.1) is 10.1 Å². The molecule has 33 heavy (non-hydrogen) atoms. The first-order valence-corrected chi connectivity index (χ1v) is 13.4. The molecule has 1 aromatic carbocycles. The van der Waals surface area contributed by atoms with E-state index in [4.69, 9.17) is 11.6 Å². The highest BCUT2D eigenvalue weighted by Gasteiger charge is 2.38. The first-order chi connectivity index (χ1) is 15.7. The molecule has 0 spiro atoms. The number of sulfonamides is 1. The molecule has 13 heteroatoms. The van der Waals surface area contributed by atoms with Crippen LogP contribution < -0.4 is 4.80 Å². The Morgan fingerprint density at radius 1 is 1.30 bits per heavy atom. The fraction of sp³-hybridized carbons (Fsp3) is 0.300. The predicted octanol–water partition coefficient (Wildman–Crippen LogP) is 4.18. The van der Waals surface area contributed by atoms with Crippen LogP contribution in [0.2, 0.25) is 4.34 Å². The number of thiazole rings is 1. The predicted molar refractivity (Wildman–Crippen MR) is 128 cm³/mol. The summed E-state index contributed by atoms with van der Waals surface area (Å²) in [4.78, 5) is 28.5. The lowest BCUT2D eigenvalue weighted by Gasteiger charge is -2.31. The third kappa shape index (κ3) is 4.66. The van der Waals surface area contributed by atoms with Crippen LogP contribution in [0.5, 0.6) is 0 Å². The van der Waals surface area contributed by atoms with Crippen LogP contribution in [-0.2, 0) is 21.4 Å². The molecule has 1 aliphatic rings. The van der Waals surface area contributed by atoms with Crippen LogP contribution in [0.1, 0.15) is 19.3 Å². The Labute approximate surface area is 202 Å². The van der Waals surface area contributed by atoms with Crippen LogP contribution in [0.15, 0.2) is 52.2 Å². The standard InChI is InChI=1S/C20H19ClN4O5S3/c1-2-10-23-14-7-6-13(25(27)28)12-16(14)31-20(23)22-19(26)15-5-3-4-11-24(15)33(29,30)18-9-8-17(21)32-18/h2,6-9,12,15H,1,3-5,10-11H2. The van der Waals surface area contributed by atoms with Gasteiger partial charge in [0.1, 0.15) is 10.3 Å². The summed E-state index contributed by atoms with van der Waals surface area (Å²) in [6.07, 6.45) is 3.34. The molecule has 9 nitrogen and oxygen atoms in total. The molecule has 174 valence electrons. The zero-order valence-corrected chi connectivity index (χ0v) is 20.4. The summed E-state index contributed by atoms with van der Waals surface area (Å²) < 4.78 is 30.3. The zero-order chi connectivity index (χ0) is 23.8. The van der Waals surface area contributed by atoms with Crippen LogP contribution in [0.3, 0.4) is 0 Å². The highest BCUT2D eigenvalue weighted by molar-refractivity contribution is 7.91. The van der Waals surface area contributed by atoms with Gasteiger partial charge in [0.15, 0.2) is 4.80 Å². The van der Waals surface area contributed by atoms with Gasteiger partial charge in [-0.2, -0.15) is 9.30 Å². The molecule has 0 N–H and O–H groups in total. The maximum Gasteiger partial charge on any atom is 0.270 e. The molecule has 0 saturated carbocycles. The summed E-state index contributed by atoms with van der Waals surface area (Å²) >= 11 is 8.01. The maximum atomic E-state index is 13.2. The van der Waals surface area contributed by atoms with Crippen molar-refractivity contribution in [2.24, 2.45) is 4.99 Å². The third-order valence-corrected chi connectivity index (χ3v) is 9.89. The normalized spacial score (nSPS) is 18.0. The van der Waals surface area contributed by atoms with E-state index in [-0.39, 0.29) is 16.4 Å². The number of hydrogen-bond acceptors (Lipinski definition) is 7. The lowest BCUT2D eigenvalue weighted by molar-refractivity contribution is -0.384. The fourth-order valence-corrected chi connectivity index (χ4v) is 8.07. The molecule has 1 saturated heterocycles. The molecular weight excluding hydrogens is 508 g/mol. The molecule has 0 bridgehead atoms. The minimum atomic E-state index is -3.90. The minimum Gasteiger partial charge on any atom is -0.312 e. The maximum absolute atomic E-state index is 13.2. The zero-order valence-electron chi connectivity index (χ0n) is 17.2. The van der Waals surface area contributed by atoms with Gasteiger partial charge in [0.25, 0.3) is 21.6 Å². The number of nitro benzene ring substituents is 1. The number of thiophene rings is 1. The second-order valence-corrected chi connectivity index (χ2v) is 12.2. The smallest absolute Gasteiger partial charge is 0.270 e. The number of carbonyl (C=O) groups is 1. The van der Waals surface area contributed by atoms with Crippen molar-refractivity contribution in [1.82, 2.24) is 8.87 Å². The Balaban J connectivity index is 1.76. The van der Waals surface area contributed by atoms with Crippen molar-refractivity contribution in [3.63, 3.8) is 0 Å². The highest BCUT2D eigenvalue weighted by Crippen LogP contribution is 2.32. The van der Waals surface area contributed by atoms with Gasteiger partial charge in [0.2, 0.25) is 0 Å². The minimum absolute atomic E-state index is 0.0634. The van der Waals surface area contributed by atoms with Crippen LogP contribution >= 0.6 is 34.3 Å². The van der Waals surface area contributed by atoms with E-state index in [2.05, 4.69) is 11.6 Å². The van der Waals surface area contributed by atoms with Crippen molar-refractivity contribution >= 4 is 66.1 Å². The van der Waals surface area contributed by atoms with Gasteiger partial charge in [0, 0.05) is 25.2 Å². The number of nitro groups is 1. The van der Waals surface area contributed by atoms with Crippen LogP contribution in [-0.4, -0.2) is 40.7 Å². The van der Waals surface area contributed by atoms with Crippen LogP contribution in [0.4, 0.5) is 5.69 Å². The lowest BCUT2D eigenvalue weighted by Crippen LogP contribution is -2.47. The largest absolute Gasteiger partial charge is 0.312 e. The van der Waals surface area contributed by atoms with Gasteiger partial charge in [-0.25, -0.2) is 8.42 Å². The Bertz CT molecular complexity index is 1420. The van der Waals surface area contributed by atoms with E-state index in [9.17, 15) is 23.3 Å². The van der Waals surface area contributed by atoms with Crippen molar-refractivity contribution in [1.29, 1.82) is 0 Å². The van der Waals surface area contributed by atoms with Gasteiger partial charge in [-0.15, -0.1) is 17.9 Å². The number of benzene rings is 1. The van der Waals surface area contributed by atoms with Gasteiger partial charge in [0.05, 0.1) is 19.5 Å². The van der Waals surface area contributed by atoms with E-state index in [0.29, 0.717) is 45.2 Å². The first kappa shape index (κ1) is 23.8. The topological polar surface area (TPSA) is 115 Å². The van der Waals surface area contributed by atoms with Gasteiger partial charge in [-0.05, 0) is 31.0 Å². The van der Waals surface area contributed by atoms with E-state index in [1.165, 1.54) is 28.6 Å². The average Bonchev–Trinajstić information content (AvgIpc) is 3.37. The fourth-order valence-electron chi connectivity index (χ4n) is 3.73. The number of halogens is 1. The summed E-state index contributed by atoms with van der Waals surface area (Å²) in [6, 6.07) is 6.45. The number of aromatic nitrogens is 1. The van der Waals surface area contributed by atoms with Crippen LogP contribution in [0.25, 0.3) is 10.2 Å². The summed E-state index contributed by atoms with van der Waals surface area (Å²) in [5.41, 5.74) is 0.616. The molecule has 1 aliphatic heterocycles. The van der Waals surface area contributed by atoms with Gasteiger partial charge in [-0.1, -0.05) is 35.4 Å². The van der Waals surface area contributed by atoms with E-state index in [1.807, 2.05) is 0 Å². The molecule has 1 unspecified atom stereocenters. The SMILES string of the molecule is C=CCn1c(=NC(=O)C2CCCCN2S(=O)(=O)c2ccc(Cl)s2)sc2cc([N+](=O)[O-])ccc21. The first-order valence-electron chi connectivity index (χ1n) is 9.97. The van der Waals surface area contributed by atoms with Crippen molar-refractivity contribution < 1.29 is 18.1 Å². The number of amides is 1. The van der Waals surface area contributed by atoms with E-state index >= 15 is 0 Å². The Morgan fingerprint density at radius 2 is 2.09 bits per heavy atom. The lowest BCUT2D eigenvalue weighted by atomic mass is 10.0. The van der Waals surface area contributed by atoms with Crippen molar-refractivity contribution in [2.75, 3.05) is 6.54 Å². The van der Waals surface area contributed by atoms with Crippen molar-refractivity contribution in [2.45, 2.75) is 36.1 Å². The monoisotopic (exact) mass is 526 g/mol. The Morgan fingerprint density at radius 3 is 2.76 bits per heavy atom. The molecule has 1 fully saturated rings. The number of fused-ring (bicyclic) bond motifs is 1. The van der Waals surface area contributed by atoms with Crippen molar-refractivity contribution in [3.05, 3.63) is 62.2 Å². The number of non-ortho nitro benzene ring substituents is 1. The van der Waals surface area contributed by atoms with E-state index in [1.54, 1.807) is 16.7 Å². The summed E-state index contributed by atoms with van der Waals surface area (Å²) in [7, 11) is -3.90. The molecule has 1 atom stereocenters. The number of rotatable bonds is 6. The highest BCUT2D eigenvalue weighted by atomic mass is 35.5. The summed E-state index contributed by atoms with van der Waals surface area (Å²) in [5.74, 6) is -0.570. The molecule has 3 aromatic rings. The second-order valence-electron chi connectivity index (χ2n) is 7.33. The van der Waals surface area contributed by atoms with Gasteiger partial charge in [-0.3, -0.25) is 14.9 Å². The quantitative estimate of drug-likeness (QED) is 0.271. The third-order valence-electron chi connectivity index (χ3n) is 5.24. The average molecular weight is 527 g/mol. The van der Waals surface area contributed by atoms with Gasteiger partial charge >= 0.3 is 0 Å². The Hall–Kier alpha value is -2.38. The van der Waals surface area contributed by atoms with Gasteiger partial charge < -0.3 is 4.57 Å². The number of hydrogen-bond donors (Lipinski definition) is 0. The summed E-state index contributed by atoms with van der Waals surface area (Å²) in [6.45, 7) is 4.28. The second kappa shape index (κ2) is 9.47. The molecule has 2 aromatic heterocycles. The van der Waals surface area contributed by atoms with E-state index < -0.39 is 26.9 Å². The number of nitrogens with zero attached hydrogens (tertiary/aromatic N) is 4. The molecule has 4 rings (SSSR count). The van der Waals surface area contributed by atoms with Crippen molar-refractivity contribution in [3.8, 4) is 0 Å². The molecule has 0 aliphatic carbocycles. The molecule has 3 heterocycles. The summed E-state index contributed by atoms with van der Waals surface area (Å²) in [5, 5.41) is 11.1. The molecule has 1 amide bonds. The number of allylic oxidation sites excluding steroid dienone is 1. The Kier molecular flexibility index (Phi) is 6.82. The number of carbonyl (C=O) groups excluding carboxylic acids is 1. The van der Waals surface area contributed by atoms with E-state index in [0.717, 1.165) is 22.7 Å². The number of piperidine rings is 1. The molecular formula is C20H19ClN4O5S3. The molecule has 0 radical (unpaired) electrons.